The van der Waals surface area contributed by atoms with E-state index in [2.05, 4.69) is 29.2 Å². The zero-order valence-corrected chi connectivity index (χ0v) is 10.6. The van der Waals surface area contributed by atoms with Crippen molar-refractivity contribution in [3.05, 3.63) is 35.4 Å². The Bertz CT molecular complexity index is 434. The number of rotatable bonds is 2. The number of carbonyl (C=O) groups excluding carboxylic acids is 1. The number of likely N-dealkylation sites (tertiary alicyclic amines) is 1. The van der Waals surface area contributed by atoms with Crippen LogP contribution in [0, 0.1) is 0 Å². The molecule has 1 aromatic rings. The van der Waals surface area contributed by atoms with Crippen LogP contribution < -0.4 is 0 Å². The summed E-state index contributed by atoms with van der Waals surface area (Å²) in [6.45, 7) is 3.51. The average molecular weight is 245 g/mol. The molecule has 0 amide bonds. The minimum absolute atomic E-state index is 0.183. The van der Waals surface area contributed by atoms with Crippen molar-refractivity contribution in [1.82, 2.24) is 4.90 Å². The summed E-state index contributed by atoms with van der Waals surface area (Å²) in [7, 11) is 0. The van der Waals surface area contributed by atoms with E-state index >= 15 is 0 Å². The lowest BCUT2D eigenvalue weighted by Gasteiger charge is -2.33. The summed E-state index contributed by atoms with van der Waals surface area (Å²) in [6, 6.07) is 8.56. The Morgan fingerprint density at radius 3 is 2.78 bits per heavy atom. The van der Waals surface area contributed by atoms with E-state index in [1.165, 1.54) is 11.1 Å². The Labute approximate surface area is 108 Å². The van der Waals surface area contributed by atoms with E-state index in [0.29, 0.717) is 18.6 Å². The highest BCUT2D eigenvalue weighted by Crippen LogP contribution is 2.28. The molecule has 1 fully saturated rings. The van der Waals surface area contributed by atoms with Gasteiger partial charge in [0.1, 0.15) is 5.78 Å². The number of carbonyl (C=O) groups is 1. The number of ether oxygens (including phenoxy) is 1. The molecule has 3 heteroatoms. The van der Waals surface area contributed by atoms with Crippen molar-refractivity contribution in [1.29, 1.82) is 0 Å². The molecule has 3 rings (SSSR count). The Hall–Kier alpha value is -1.19. The van der Waals surface area contributed by atoms with Crippen molar-refractivity contribution in [2.24, 2.45) is 0 Å². The van der Waals surface area contributed by atoms with Gasteiger partial charge in [0.2, 0.25) is 0 Å². The molecule has 18 heavy (non-hydrogen) atoms. The van der Waals surface area contributed by atoms with Gasteiger partial charge in [-0.3, -0.25) is 9.69 Å². The molecule has 1 saturated heterocycles. The quantitative estimate of drug-likeness (QED) is 0.797. The van der Waals surface area contributed by atoms with Crippen LogP contribution in [-0.4, -0.2) is 36.9 Å². The fourth-order valence-corrected chi connectivity index (χ4v) is 2.85. The van der Waals surface area contributed by atoms with Crippen LogP contribution in [0.3, 0.4) is 0 Å². The standard InChI is InChI=1S/C15H19NO2/c17-13-5-8-16(9-6-13)11-15-14-4-2-1-3-12(14)7-10-18-15/h1-4,15H,5-11H2. The van der Waals surface area contributed by atoms with Crippen LogP contribution >= 0.6 is 0 Å². The monoisotopic (exact) mass is 245 g/mol. The van der Waals surface area contributed by atoms with E-state index in [-0.39, 0.29) is 6.10 Å². The van der Waals surface area contributed by atoms with E-state index in [9.17, 15) is 4.79 Å². The lowest BCUT2D eigenvalue weighted by Crippen LogP contribution is -2.38. The molecule has 0 radical (unpaired) electrons. The highest BCUT2D eigenvalue weighted by molar-refractivity contribution is 5.79. The first kappa shape index (κ1) is 11.9. The maximum Gasteiger partial charge on any atom is 0.135 e. The van der Waals surface area contributed by atoms with E-state index in [4.69, 9.17) is 4.74 Å². The van der Waals surface area contributed by atoms with Crippen LogP contribution in [0.1, 0.15) is 30.1 Å². The molecule has 1 aromatic carbocycles. The fourth-order valence-electron chi connectivity index (χ4n) is 2.85. The molecule has 0 N–H and O–H groups in total. The van der Waals surface area contributed by atoms with Gasteiger partial charge in [-0.25, -0.2) is 0 Å². The summed E-state index contributed by atoms with van der Waals surface area (Å²) < 4.78 is 5.91. The van der Waals surface area contributed by atoms with Crippen LogP contribution in [0.5, 0.6) is 0 Å². The molecule has 1 unspecified atom stereocenters. The molecule has 2 aliphatic heterocycles. The molecule has 2 heterocycles. The number of fused-ring (bicyclic) bond motifs is 1. The number of hydrogen-bond acceptors (Lipinski definition) is 3. The smallest absolute Gasteiger partial charge is 0.135 e. The van der Waals surface area contributed by atoms with Crippen molar-refractivity contribution in [3.63, 3.8) is 0 Å². The van der Waals surface area contributed by atoms with Gasteiger partial charge in [0, 0.05) is 32.5 Å². The third kappa shape index (κ3) is 2.47. The van der Waals surface area contributed by atoms with E-state index < -0.39 is 0 Å². The van der Waals surface area contributed by atoms with Gasteiger partial charge < -0.3 is 4.74 Å². The summed E-state index contributed by atoms with van der Waals surface area (Å²) in [5.74, 6) is 0.399. The van der Waals surface area contributed by atoms with Crippen molar-refractivity contribution in [2.45, 2.75) is 25.4 Å². The number of Topliss-reactive ketones (excluding diaryl/α,β-unsaturated/α-hetero) is 1. The number of benzene rings is 1. The van der Waals surface area contributed by atoms with Crippen LogP contribution in [0.4, 0.5) is 0 Å². The zero-order chi connectivity index (χ0) is 12.4. The summed E-state index contributed by atoms with van der Waals surface area (Å²) in [5.41, 5.74) is 2.75. The molecule has 0 aliphatic carbocycles. The lowest BCUT2D eigenvalue weighted by atomic mass is 9.97. The number of ketones is 1. The normalized spacial score (nSPS) is 24.9. The topological polar surface area (TPSA) is 29.5 Å². The summed E-state index contributed by atoms with van der Waals surface area (Å²) >= 11 is 0. The predicted octanol–water partition coefficient (Wildman–Crippen LogP) is 1.97. The van der Waals surface area contributed by atoms with Crippen LogP contribution in [0.25, 0.3) is 0 Å². The van der Waals surface area contributed by atoms with Gasteiger partial charge in [0.15, 0.2) is 0 Å². The molecular weight excluding hydrogens is 226 g/mol. The van der Waals surface area contributed by atoms with Crippen molar-refractivity contribution in [2.75, 3.05) is 26.2 Å². The number of piperidine rings is 1. The third-order valence-corrected chi connectivity index (χ3v) is 3.93. The maximum absolute atomic E-state index is 11.2. The van der Waals surface area contributed by atoms with Gasteiger partial charge in [0.25, 0.3) is 0 Å². The molecule has 0 saturated carbocycles. The van der Waals surface area contributed by atoms with Gasteiger partial charge in [-0.1, -0.05) is 24.3 Å². The Morgan fingerprint density at radius 2 is 1.94 bits per heavy atom. The second-order valence-electron chi connectivity index (χ2n) is 5.15. The van der Waals surface area contributed by atoms with E-state index in [1.807, 2.05) is 0 Å². The predicted molar refractivity (Wildman–Crippen MR) is 69.5 cm³/mol. The van der Waals surface area contributed by atoms with Gasteiger partial charge in [-0.15, -0.1) is 0 Å². The molecule has 96 valence electrons. The van der Waals surface area contributed by atoms with Gasteiger partial charge >= 0.3 is 0 Å². The Balaban J connectivity index is 1.69. The molecule has 0 spiro atoms. The average Bonchev–Trinajstić information content (AvgIpc) is 2.42. The highest BCUT2D eigenvalue weighted by Gasteiger charge is 2.24. The van der Waals surface area contributed by atoms with Crippen LogP contribution in [0.15, 0.2) is 24.3 Å². The molecule has 0 bridgehead atoms. The maximum atomic E-state index is 11.2. The van der Waals surface area contributed by atoms with Crippen LogP contribution in [0.2, 0.25) is 0 Å². The third-order valence-electron chi connectivity index (χ3n) is 3.93. The zero-order valence-electron chi connectivity index (χ0n) is 10.6. The fraction of sp³-hybridized carbons (Fsp3) is 0.533. The van der Waals surface area contributed by atoms with E-state index in [1.54, 1.807) is 0 Å². The summed E-state index contributed by atoms with van der Waals surface area (Å²) in [5, 5.41) is 0. The Kier molecular flexibility index (Phi) is 3.43. The van der Waals surface area contributed by atoms with Crippen molar-refractivity contribution >= 4 is 5.78 Å². The molecule has 0 aromatic heterocycles. The van der Waals surface area contributed by atoms with Gasteiger partial charge in [0.05, 0.1) is 12.7 Å². The first-order chi connectivity index (χ1) is 8.83. The van der Waals surface area contributed by atoms with Crippen molar-refractivity contribution in [3.8, 4) is 0 Å². The summed E-state index contributed by atoms with van der Waals surface area (Å²) in [4.78, 5) is 13.6. The van der Waals surface area contributed by atoms with E-state index in [0.717, 1.165) is 32.7 Å². The molecule has 2 aliphatic rings. The first-order valence-electron chi connectivity index (χ1n) is 6.76. The minimum Gasteiger partial charge on any atom is -0.372 e. The lowest BCUT2D eigenvalue weighted by molar-refractivity contribution is -0.122. The second kappa shape index (κ2) is 5.21. The highest BCUT2D eigenvalue weighted by atomic mass is 16.5. The van der Waals surface area contributed by atoms with Gasteiger partial charge in [-0.05, 0) is 17.5 Å². The SMILES string of the molecule is O=C1CCN(CC2OCCc3ccccc32)CC1. The van der Waals surface area contributed by atoms with Crippen LogP contribution in [-0.2, 0) is 16.0 Å². The first-order valence-corrected chi connectivity index (χ1v) is 6.76. The van der Waals surface area contributed by atoms with Gasteiger partial charge in [-0.2, -0.15) is 0 Å². The molecule has 1 atom stereocenters. The largest absolute Gasteiger partial charge is 0.372 e. The Morgan fingerprint density at radius 1 is 1.17 bits per heavy atom. The minimum atomic E-state index is 0.183. The second-order valence-corrected chi connectivity index (χ2v) is 5.15. The molecule has 3 nitrogen and oxygen atoms in total. The number of nitrogens with zero attached hydrogens (tertiary/aromatic N) is 1. The molecular formula is C15H19NO2. The van der Waals surface area contributed by atoms with Crippen molar-refractivity contribution < 1.29 is 9.53 Å². The summed E-state index contributed by atoms with van der Waals surface area (Å²) in [6.07, 6.45) is 2.61. The number of hydrogen-bond donors (Lipinski definition) is 0.